The molecule has 5 rings (SSSR count). The van der Waals surface area contributed by atoms with Crippen molar-refractivity contribution in [2.45, 2.75) is 25.6 Å². The number of rotatable bonds is 9. The van der Waals surface area contributed by atoms with Crippen LogP contribution in [0.4, 0.5) is 4.79 Å². The van der Waals surface area contributed by atoms with Gasteiger partial charge < -0.3 is 19.9 Å². The van der Waals surface area contributed by atoms with Crippen molar-refractivity contribution in [3.05, 3.63) is 130 Å². The topological polar surface area (TPSA) is 72.4 Å². The Morgan fingerprint density at radius 1 is 0.854 bits per heavy atom. The van der Waals surface area contributed by atoms with E-state index in [4.69, 9.17) is 27.9 Å². The number of hydrogen-bond acceptors (Lipinski definition) is 3. The SMILES string of the molecule is Cn1c(CNC(=O)[C@H](Cc2ccccc2)NC(=O)OCc2ccccc2)c(-c2ccccc2Cl)c2cc(Cl)ccc21. The van der Waals surface area contributed by atoms with E-state index < -0.39 is 12.1 Å². The molecule has 0 saturated heterocycles. The second kappa shape index (κ2) is 12.9. The maximum absolute atomic E-state index is 13.6. The van der Waals surface area contributed by atoms with Crippen LogP contribution in [-0.2, 0) is 36.2 Å². The van der Waals surface area contributed by atoms with Crippen LogP contribution in [-0.4, -0.2) is 22.6 Å². The zero-order valence-corrected chi connectivity index (χ0v) is 24.0. The zero-order chi connectivity index (χ0) is 28.8. The molecule has 5 aromatic rings. The quantitative estimate of drug-likeness (QED) is 0.190. The van der Waals surface area contributed by atoms with Gasteiger partial charge in [0.25, 0.3) is 0 Å². The molecule has 1 aromatic heterocycles. The number of nitrogens with one attached hydrogen (secondary N) is 2. The fourth-order valence-corrected chi connectivity index (χ4v) is 5.30. The number of carbonyl (C=O) groups excluding carboxylic acids is 2. The fourth-order valence-electron chi connectivity index (χ4n) is 4.90. The highest BCUT2D eigenvalue weighted by Gasteiger charge is 2.24. The van der Waals surface area contributed by atoms with Gasteiger partial charge in [-0.25, -0.2) is 4.79 Å². The number of ether oxygens (including phenoxy) is 1. The van der Waals surface area contributed by atoms with Gasteiger partial charge in [0.15, 0.2) is 0 Å². The summed E-state index contributed by atoms with van der Waals surface area (Å²) >= 11 is 13.0. The van der Waals surface area contributed by atoms with Gasteiger partial charge in [0, 0.05) is 51.2 Å². The van der Waals surface area contributed by atoms with E-state index in [0.717, 1.165) is 38.9 Å². The third-order valence-electron chi connectivity index (χ3n) is 6.96. The van der Waals surface area contributed by atoms with Crippen LogP contribution in [0.15, 0.2) is 103 Å². The third kappa shape index (κ3) is 6.73. The number of carbonyl (C=O) groups is 2. The summed E-state index contributed by atoms with van der Waals surface area (Å²) in [6, 6.07) is 31.3. The molecule has 2 N–H and O–H groups in total. The van der Waals surface area contributed by atoms with Crippen molar-refractivity contribution < 1.29 is 14.3 Å². The molecule has 0 aliphatic heterocycles. The van der Waals surface area contributed by atoms with Crippen LogP contribution in [0, 0.1) is 0 Å². The predicted octanol–water partition coefficient (Wildman–Crippen LogP) is 7.31. The molecule has 0 radical (unpaired) electrons. The standard InChI is InChI=1S/C33H29Cl2N3O3/c1-38-29-17-16-24(34)19-26(29)31(25-14-8-9-15-27(25)35)30(38)20-36-32(39)28(18-22-10-4-2-5-11-22)37-33(40)41-21-23-12-6-3-7-13-23/h2-17,19,28H,18,20-21H2,1H3,(H,36,39)(H,37,40)/t28-/m0/s1. The molecule has 0 aliphatic rings. The van der Waals surface area contributed by atoms with E-state index in [2.05, 4.69) is 10.6 Å². The van der Waals surface area contributed by atoms with Crippen LogP contribution in [0.25, 0.3) is 22.0 Å². The van der Waals surface area contributed by atoms with E-state index in [9.17, 15) is 9.59 Å². The highest BCUT2D eigenvalue weighted by molar-refractivity contribution is 6.34. The number of alkyl carbamates (subject to hydrolysis) is 1. The normalized spacial score (nSPS) is 11.7. The summed E-state index contributed by atoms with van der Waals surface area (Å²) in [6.45, 7) is 0.306. The van der Waals surface area contributed by atoms with Crippen LogP contribution in [0.1, 0.15) is 16.8 Å². The summed E-state index contributed by atoms with van der Waals surface area (Å²) in [5.41, 5.74) is 5.31. The van der Waals surface area contributed by atoms with Crippen molar-refractivity contribution in [1.82, 2.24) is 15.2 Å². The van der Waals surface area contributed by atoms with E-state index in [-0.39, 0.29) is 19.1 Å². The molecule has 0 fully saturated rings. The minimum atomic E-state index is -0.853. The zero-order valence-electron chi connectivity index (χ0n) is 22.4. The van der Waals surface area contributed by atoms with Crippen LogP contribution in [0.5, 0.6) is 0 Å². The number of nitrogens with zero attached hydrogens (tertiary/aromatic N) is 1. The van der Waals surface area contributed by atoms with E-state index in [1.165, 1.54) is 0 Å². The molecule has 2 amide bonds. The minimum absolute atomic E-state index is 0.103. The molecule has 1 heterocycles. The third-order valence-corrected chi connectivity index (χ3v) is 7.52. The van der Waals surface area contributed by atoms with E-state index >= 15 is 0 Å². The first-order chi connectivity index (χ1) is 19.9. The van der Waals surface area contributed by atoms with Crippen molar-refractivity contribution in [1.29, 1.82) is 0 Å². The number of benzene rings is 4. The lowest BCUT2D eigenvalue weighted by Crippen LogP contribution is -2.48. The van der Waals surface area contributed by atoms with Crippen molar-refractivity contribution in [3.63, 3.8) is 0 Å². The summed E-state index contributed by atoms with van der Waals surface area (Å²) in [4.78, 5) is 26.3. The number of aromatic nitrogens is 1. The number of fused-ring (bicyclic) bond motifs is 1. The second-order valence-electron chi connectivity index (χ2n) is 9.69. The van der Waals surface area contributed by atoms with Gasteiger partial charge in [-0.1, -0.05) is 102 Å². The Morgan fingerprint density at radius 3 is 2.22 bits per heavy atom. The molecule has 0 bridgehead atoms. The first kappa shape index (κ1) is 28.3. The van der Waals surface area contributed by atoms with Crippen molar-refractivity contribution >= 4 is 46.1 Å². The summed E-state index contributed by atoms with van der Waals surface area (Å²) in [7, 11) is 1.94. The van der Waals surface area contributed by atoms with E-state index in [1.807, 2.05) is 115 Å². The van der Waals surface area contributed by atoms with Crippen LogP contribution >= 0.6 is 23.2 Å². The lowest BCUT2D eigenvalue weighted by Gasteiger charge is -2.19. The van der Waals surface area contributed by atoms with Crippen LogP contribution in [0.2, 0.25) is 10.0 Å². The number of halogens is 2. The smallest absolute Gasteiger partial charge is 0.408 e. The molecular weight excluding hydrogens is 557 g/mol. The molecule has 4 aromatic carbocycles. The molecule has 0 saturated carbocycles. The largest absolute Gasteiger partial charge is 0.445 e. The second-order valence-corrected chi connectivity index (χ2v) is 10.5. The van der Waals surface area contributed by atoms with Crippen molar-refractivity contribution in [2.75, 3.05) is 0 Å². The van der Waals surface area contributed by atoms with Gasteiger partial charge in [0.1, 0.15) is 12.6 Å². The lowest BCUT2D eigenvalue weighted by atomic mass is 10.0. The molecular formula is C33H29Cl2N3O3. The van der Waals surface area contributed by atoms with E-state index in [0.29, 0.717) is 16.5 Å². The van der Waals surface area contributed by atoms with Gasteiger partial charge >= 0.3 is 6.09 Å². The van der Waals surface area contributed by atoms with Gasteiger partial charge in [0.05, 0.1) is 6.54 Å². The molecule has 0 unspecified atom stereocenters. The molecule has 8 heteroatoms. The molecule has 41 heavy (non-hydrogen) atoms. The summed E-state index contributed by atoms with van der Waals surface area (Å²) in [5.74, 6) is -0.334. The van der Waals surface area contributed by atoms with Gasteiger partial charge in [-0.05, 0) is 35.4 Å². The Kier molecular flexibility index (Phi) is 8.92. The lowest BCUT2D eigenvalue weighted by molar-refractivity contribution is -0.123. The summed E-state index contributed by atoms with van der Waals surface area (Å²) in [5, 5.41) is 7.93. The summed E-state index contributed by atoms with van der Waals surface area (Å²) < 4.78 is 7.43. The number of hydrogen-bond donors (Lipinski definition) is 2. The minimum Gasteiger partial charge on any atom is -0.445 e. The summed E-state index contributed by atoms with van der Waals surface area (Å²) in [6.07, 6.45) is -0.365. The number of aryl methyl sites for hydroxylation is 1. The van der Waals surface area contributed by atoms with Gasteiger partial charge in [-0.3, -0.25) is 4.79 Å². The highest BCUT2D eigenvalue weighted by Crippen LogP contribution is 2.39. The van der Waals surface area contributed by atoms with Gasteiger partial charge in [-0.15, -0.1) is 0 Å². The maximum Gasteiger partial charge on any atom is 0.408 e. The Balaban J connectivity index is 1.39. The first-order valence-corrected chi connectivity index (χ1v) is 14.0. The fraction of sp³-hybridized carbons (Fsp3) is 0.152. The maximum atomic E-state index is 13.6. The first-order valence-electron chi connectivity index (χ1n) is 13.2. The van der Waals surface area contributed by atoms with Gasteiger partial charge in [-0.2, -0.15) is 0 Å². The van der Waals surface area contributed by atoms with Crippen molar-refractivity contribution in [3.8, 4) is 11.1 Å². The monoisotopic (exact) mass is 585 g/mol. The van der Waals surface area contributed by atoms with Crippen LogP contribution < -0.4 is 10.6 Å². The Labute approximate surface area is 248 Å². The van der Waals surface area contributed by atoms with Crippen LogP contribution in [0.3, 0.4) is 0 Å². The molecule has 6 nitrogen and oxygen atoms in total. The van der Waals surface area contributed by atoms with Crippen molar-refractivity contribution in [2.24, 2.45) is 7.05 Å². The average Bonchev–Trinajstić information content (AvgIpc) is 3.25. The molecule has 208 valence electrons. The van der Waals surface area contributed by atoms with Gasteiger partial charge in [0.2, 0.25) is 5.91 Å². The average molecular weight is 587 g/mol. The number of amides is 2. The molecule has 0 spiro atoms. The Morgan fingerprint density at radius 2 is 1.51 bits per heavy atom. The molecule has 1 atom stereocenters. The molecule has 0 aliphatic carbocycles. The van der Waals surface area contributed by atoms with E-state index in [1.54, 1.807) is 0 Å². The highest BCUT2D eigenvalue weighted by atomic mass is 35.5. The Hall–Kier alpha value is -4.26. The predicted molar refractivity (Wildman–Crippen MR) is 164 cm³/mol. The Bertz CT molecular complexity index is 1670.